The summed E-state index contributed by atoms with van der Waals surface area (Å²) in [5, 5.41) is 21.0. The predicted octanol–water partition coefficient (Wildman–Crippen LogP) is 1.96. The van der Waals surface area contributed by atoms with Crippen LogP contribution in [0.5, 0.6) is 0 Å². The number of aromatic carboxylic acids is 1. The van der Waals surface area contributed by atoms with Gasteiger partial charge in [-0.3, -0.25) is 0 Å². The minimum Gasteiger partial charge on any atom is -0.478 e. The van der Waals surface area contributed by atoms with Gasteiger partial charge in [0.05, 0.1) is 5.56 Å². The molecule has 0 radical (unpaired) electrons. The molecule has 88 valence electrons. The van der Waals surface area contributed by atoms with Crippen molar-refractivity contribution < 1.29 is 15.0 Å². The van der Waals surface area contributed by atoms with E-state index in [-0.39, 0.29) is 18.2 Å². The molecule has 0 saturated heterocycles. The average Bonchev–Trinajstić information content (AvgIpc) is 2.29. The second-order valence-electron chi connectivity index (χ2n) is 3.61. The van der Waals surface area contributed by atoms with Crippen LogP contribution in [0.4, 0.5) is 5.69 Å². The van der Waals surface area contributed by atoms with Crippen LogP contribution >= 0.6 is 0 Å². The maximum absolute atomic E-state index is 11.0. The Bertz CT molecular complexity index is 352. The molecule has 0 saturated carbocycles. The number of aliphatic hydroxyl groups excluding tert-OH is 1. The molecular formula is C12H17NO3. The summed E-state index contributed by atoms with van der Waals surface area (Å²) in [6, 6.07) is 6.90. The third-order valence-corrected chi connectivity index (χ3v) is 2.49. The van der Waals surface area contributed by atoms with Crippen LogP contribution in [-0.4, -0.2) is 28.8 Å². The fraction of sp³-hybridized carbons (Fsp3) is 0.417. The third kappa shape index (κ3) is 3.24. The largest absolute Gasteiger partial charge is 0.478 e. The molecule has 4 heteroatoms. The fourth-order valence-corrected chi connectivity index (χ4v) is 1.55. The van der Waals surface area contributed by atoms with Gasteiger partial charge < -0.3 is 15.5 Å². The van der Waals surface area contributed by atoms with Crippen LogP contribution in [0.2, 0.25) is 0 Å². The minimum atomic E-state index is -0.943. The van der Waals surface area contributed by atoms with E-state index in [2.05, 4.69) is 5.32 Å². The number of aliphatic hydroxyl groups is 1. The number of hydrogen-bond acceptors (Lipinski definition) is 3. The lowest BCUT2D eigenvalue weighted by atomic mass is 10.1. The topological polar surface area (TPSA) is 69.6 Å². The van der Waals surface area contributed by atoms with Gasteiger partial charge in [0.2, 0.25) is 0 Å². The van der Waals surface area contributed by atoms with Crippen LogP contribution in [0.15, 0.2) is 24.3 Å². The molecule has 0 aliphatic carbocycles. The van der Waals surface area contributed by atoms with Gasteiger partial charge in [-0.15, -0.1) is 0 Å². The van der Waals surface area contributed by atoms with Crippen molar-refractivity contribution in [3.8, 4) is 0 Å². The van der Waals surface area contributed by atoms with Crippen molar-refractivity contribution in [3.05, 3.63) is 29.8 Å². The highest BCUT2D eigenvalue weighted by Crippen LogP contribution is 2.17. The smallest absolute Gasteiger partial charge is 0.337 e. The molecule has 0 spiro atoms. The molecule has 1 aromatic carbocycles. The molecule has 4 nitrogen and oxygen atoms in total. The Morgan fingerprint density at radius 1 is 1.44 bits per heavy atom. The number of carboxylic acid groups (broad SMARTS) is 1. The highest BCUT2D eigenvalue weighted by molar-refractivity contribution is 5.94. The van der Waals surface area contributed by atoms with Gasteiger partial charge in [-0.2, -0.15) is 0 Å². The summed E-state index contributed by atoms with van der Waals surface area (Å²) in [6.07, 6.45) is 1.46. The highest BCUT2D eigenvalue weighted by atomic mass is 16.4. The van der Waals surface area contributed by atoms with Gasteiger partial charge in [0.1, 0.15) is 0 Å². The first kappa shape index (κ1) is 12.5. The van der Waals surface area contributed by atoms with E-state index >= 15 is 0 Å². The molecule has 0 amide bonds. The van der Waals surface area contributed by atoms with Gasteiger partial charge in [0.15, 0.2) is 0 Å². The van der Waals surface area contributed by atoms with Crippen LogP contribution in [0.25, 0.3) is 0 Å². The molecule has 0 bridgehead atoms. The van der Waals surface area contributed by atoms with Gasteiger partial charge in [0.25, 0.3) is 0 Å². The summed E-state index contributed by atoms with van der Waals surface area (Å²) >= 11 is 0. The first-order valence-electron chi connectivity index (χ1n) is 5.38. The van der Waals surface area contributed by atoms with Crippen LogP contribution in [0, 0.1) is 0 Å². The Labute approximate surface area is 94.9 Å². The molecule has 1 rings (SSSR count). The maximum atomic E-state index is 11.0. The number of hydrogen-bond donors (Lipinski definition) is 3. The normalized spacial score (nSPS) is 12.1. The summed E-state index contributed by atoms with van der Waals surface area (Å²) in [5.74, 6) is -0.943. The minimum absolute atomic E-state index is 0.0980. The van der Waals surface area contributed by atoms with E-state index < -0.39 is 5.97 Å². The van der Waals surface area contributed by atoms with Crippen LogP contribution in [0.1, 0.15) is 30.1 Å². The SMILES string of the molecule is CCC(CCO)Nc1ccccc1C(=O)O. The summed E-state index contributed by atoms with van der Waals surface area (Å²) < 4.78 is 0. The number of carbonyl (C=O) groups is 1. The van der Waals surface area contributed by atoms with Crippen molar-refractivity contribution in [2.45, 2.75) is 25.8 Å². The molecule has 1 unspecified atom stereocenters. The van der Waals surface area contributed by atoms with Crippen molar-refractivity contribution in [1.29, 1.82) is 0 Å². The number of benzene rings is 1. The molecule has 0 fully saturated rings. The van der Waals surface area contributed by atoms with E-state index in [9.17, 15) is 4.79 Å². The second-order valence-corrected chi connectivity index (χ2v) is 3.61. The molecule has 3 N–H and O–H groups in total. The first-order chi connectivity index (χ1) is 7.69. The quantitative estimate of drug-likeness (QED) is 0.689. The van der Waals surface area contributed by atoms with E-state index in [1.54, 1.807) is 24.3 Å². The lowest BCUT2D eigenvalue weighted by Crippen LogP contribution is -2.21. The molecular weight excluding hydrogens is 206 g/mol. The lowest BCUT2D eigenvalue weighted by molar-refractivity contribution is 0.0698. The monoisotopic (exact) mass is 223 g/mol. The van der Waals surface area contributed by atoms with Gasteiger partial charge in [-0.05, 0) is 25.0 Å². The Morgan fingerprint density at radius 2 is 2.12 bits per heavy atom. The number of rotatable bonds is 6. The van der Waals surface area contributed by atoms with E-state index in [0.717, 1.165) is 6.42 Å². The van der Waals surface area contributed by atoms with Gasteiger partial charge in [0, 0.05) is 18.3 Å². The zero-order valence-corrected chi connectivity index (χ0v) is 9.31. The number of para-hydroxylation sites is 1. The summed E-state index contributed by atoms with van der Waals surface area (Å²) in [6.45, 7) is 2.09. The second kappa shape index (κ2) is 6.12. The van der Waals surface area contributed by atoms with Crippen LogP contribution < -0.4 is 5.32 Å². The summed E-state index contributed by atoms with van der Waals surface area (Å²) in [7, 11) is 0. The first-order valence-corrected chi connectivity index (χ1v) is 5.38. The van der Waals surface area contributed by atoms with E-state index in [0.29, 0.717) is 12.1 Å². The van der Waals surface area contributed by atoms with Crippen LogP contribution in [-0.2, 0) is 0 Å². The van der Waals surface area contributed by atoms with E-state index in [1.807, 2.05) is 6.92 Å². The van der Waals surface area contributed by atoms with Crippen molar-refractivity contribution in [3.63, 3.8) is 0 Å². The third-order valence-electron chi connectivity index (χ3n) is 2.49. The predicted molar refractivity (Wildman–Crippen MR) is 62.8 cm³/mol. The standard InChI is InChI=1S/C12H17NO3/c1-2-9(7-8-14)13-11-6-4-3-5-10(11)12(15)16/h3-6,9,13-14H,2,7-8H2,1H3,(H,15,16). The molecule has 0 aromatic heterocycles. The molecule has 16 heavy (non-hydrogen) atoms. The molecule has 0 heterocycles. The molecule has 1 aromatic rings. The van der Waals surface area contributed by atoms with Crippen molar-refractivity contribution in [2.24, 2.45) is 0 Å². The van der Waals surface area contributed by atoms with E-state index in [4.69, 9.17) is 10.2 Å². The Hall–Kier alpha value is -1.55. The zero-order chi connectivity index (χ0) is 12.0. The van der Waals surface area contributed by atoms with Crippen LogP contribution in [0.3, 0.4) is 0 Å². The zero-order valence-electron chi connectivity index (χ0n) is 9.31. The maximum Gasteiger partial charge on any atom is 0.337 e. The summed E-state index contributed by atoms with van der Waals surface area (Å²) in [4.78, 5) is 11.0. The molecule has 1 atom stereocenters. The Balaban J connectivity index is 2.82. The van der Waals surface area contributed by atoms with Crippen molar-refractivity contribution >= 4 is 11.7 Å². The number of carboxylic acids is 1. The van der Waals surface area contributed by atoms with Gasteiger partial charge in [-0.25, -0.2) is 4.79 Å². The number of anilines is 1. The summed E-state index contributed by atoms with van der Waals surface area (Å²) in [5.41, 5.74) is 0.870. The Kier molecular flexibility index (Phi) is 4.79. The van der Waals surface area contributed by atoms with Gasteiger partial charge >= 0.3 is 5.97 Å². The van der Waals surface area contributed by atoms with Gasteiger partial charge in [-0.1, -0.05) is 19.1 Å². The average molecular weight is 223 g/mol. The lowest BCUT2D eigenvalue weighted by Gasteiger charge is -2.18. The number of nitrogens with one attached hydrogen (secondary N) is 1. The van der Waals surface area contributed by atoms with E-state index in [1.165, 1.54) is 0 Å². The Morgan fingerprint density at radius 3 is 2.69 bits per heavy atom. The molecule has 0 aliphatic heterocycles. The molecule has 0 aliphatic rings. The highest BCUT2D eigenvalue weighted by Gasteiger charge is 2.12. The van der Waals surface area contributed by atoms with Crippen molar-refractivity contribution in [2.75, 3.05) is 11.9 Å². The fourth-order valence-electron chi connectivity index (χ4n) is 1.55. The van der Waals surface area contributed by atoms with Crippen molar-refractivity contribution in [1.82, 2.24) is 0 Å².